The van der Waals surface area contributed by atoms with E-state index in [1.807, 2.05) is 13.1 Å². The van der Waals surface area contributed by atoms with Crippen LogP contribution in [0, 0.1) is 0 Å². The van der Waals surface area contributed by atoms with Crippen LogP contribution in [-0.4, -0.2) is 25.5 Å². The first-order valence-corrected chi connectivity index (χ1v) is 7.35. The zero-order valence-corrected chi connectivity index (χ0v) is 10.3. The van der Waals surface area contributed by atoms with Crippen molar-refractivity contribution in [3.63, 3.8) is 0 Å². The molecule has 0 aliphatic carbocycles. The molecule has 0 aliphatic heterocycles. The van der Waals surface area contributed by atoms with Gasteiger partial charge in [0.25, 0.3) is 0 Å². The van der Waals surface area contributed by atoms with Crippen LogP contribution >= 0.6 is 0 Å². The van der Waals surface area contributed by atoms with Crippen LogP contribution in [0.4, 0.5) is 0 Å². The number of hydrogen-bond acceptors (Lipinski definition) is 3. The summed E-state index contributed by atoms with van der Waals surface area (Å²) >= 11 is 0. The van der Waals surface area contributed by atoms with Gasteiger partial charge in [0, 0.05) is 0 Å². The van der Waals surface area contributed by atoms with Crippen LogP contribution in [0.3, 0.4) is 0 Å². The SMILES string of the molecule is CC(=O)[C@@H](O)O[Si](C)(C)C(C)(C)C. The first kappa shape index (κ1) is 12.8. The predicted octanol–water partition coefficient (Wildman–Crippen LogP) is 1.92. The Hall–Kier alpha value is -0.193. The lowest BCUT2D eigenvalue weighted by Gasteiger charge is -2.37. The van der Waals surface area contributed by atoms with Gasteiger partial charge in [0.05, 0.1) is 0 Å². The van der Waals surface area contributed by atoms with Gasteiger partial charge in [-0.05, 0) is 25.1 Å². The molecule has 0 heterocycles. The minimum absolute atomic E-state index is 0.0173. The molecular weight excluding hydrogens is 184 g/mol. The molecule has 0 aromatic carbocycles. The van der Waals surface area contributed by atoms with Gasteiger partial charge in [-0.1, -0.05) is 20.8 Å². The summed E-state index contributed by atoms with van der Waals surface area (Å²) in [6.07, 6.45) is -1.25. The summed E-state index contributed by atoms with van der Waals surface area (Å²) in [7, 11) is -2.00. The third-order valence-electron chi connectivity index (χ3n) is 2.56. The summed E-state index contributed by atoms with van der Waals surface area (Å²) in [4.78, 5) is 10.8. The molecule has 4 heteroatoms. The fourth-order valence-corrected chi connectivity index (χ4v) is 1.62. The van der Waals surface area contributed by atoms with E-state index in [-0.39, 0.29) is 10.8 Å². The van der Waals surface area contributed by atoms with Gasteiger partial charge in [0.1, 0.15) is 0 Å². The van der Waals surface area contributed by atoms with Gasteiger partial charge in [0.15, 0.2) is 14.1 Å². The largest absolute Gasteiger partial charge is 0.387 e. The number of hydrogen-bond donors (Lipinski definition) is 1. The molecule has 1 atom stereocenters. The molecule has 13 heavy (non-hydrogen) atoms. The first-order chi connectivity index (χ1) is 5.58. The molecule has 0 fully saturated rings. The lowest BCUT2D eigenvalue weighted by molar-refractivity contribution is -0.140. The predicted molar refractivity (Wildman–Crippen MR) is 55.0 cm³/mol. The molecule has 1 N–H and O–H groups in total. The minimum Gasteiger partial charge on any atom is -0.387 e. The van der Waals surface area contributed by atoms with Crippen molar-refractivity contribution < 1.29 is 14.3 Å². The van der Waals surface area contributed by atoms with Crippen LogP contribution < -0.4 is 0 Å². The van der Waals surface area contributed by atoms with E-state index in [9.17, 15) is 9.90 Å². The summed E-state index contributed by atoms with van der Waals surface area (Å²) in [6, 6.07) is 0. The van der Waals surface area contributed by atoms with E-state index in [1.54, 1.807) is 0 Å². The monoisotopic (exact) mass is 204 g/mol. The minimum atomic E-state index is -2.00. The normalized spacial score (nSPS) is 15.6. The summed E-state index contributed by atoms with van der Waals surface area (Å²) in [5, 5.41) is 9.31. The van der Waals surface area contributed by atoms with Crippen molar-refractivity contribution in [3.8, 4) is 0 Å². The molecular formula is C9H20O3Si. The lowest BCUT2D eigenvalue weighted by Crippen LogP contribution is -2.45. The van der Waals surface area contributed by atoms with Crippen molar-refractivity contribution in [2.45, 2.75) is 52.1 Å². The molecule has 0 aromatic rings. The molecule has 0 saturated carbocycles. The molecule has 0 bridgehead atoms. The fourth-order valence-electron chi connectivity index (χ4n) is 0.539. The smallest absolute Gasteiger partial charge is 0.205 e. The highest BCUT2D eigenvalue weighted by molar-refractivity contribution is 6.74. The maximum Gasteiger partial charge on any atom is 0.205 e. The maximum absolute atomic E-state index is 10.8. The van der Waals surface area contributed by atoms with E-state index in [1.165, 1.54) is 6.92 Å². The molecule has 78 valence electrons. The molecule has 3 nitrogen and oxygen atoms in total. The number of aliphatic hydroxyl groups excluding tert-OH is 1. The number of Topliss-reactive ketones (excluding diaryl/α,β-unsaturated/α-hetero) is 1. The van der Waals surface area contributed by atoms with Gasteiger partial charge in [-0.3, -0.25) is 4.79 Å². The zero-order chi connectivity index (χ0) is 10.9. The third-order valence-corrected chi connectivity index (χ3v) is 6.99. The van der Waals surface area contributed by atoms with E-state index in [0.717, 1.165) is 0 Å². The molecule has 0 aliphatic rings. The number of carbonyl (C=O) groups excluding carboxylic acids is 1. The Bertz CT molecular complexity index is 194. The Balaban J connectivity index is 4.43. The molecule has 0 unspecified atom stereocenters. The van der Waals surface area contributed by atoms with Crippen LogP contribution in [0.2, 0.25) is 18.1 Å². The summed E-state index contributed by atoms with van der Waals surface area (Å²) in [5.41, 5.74) is 0. The molecule has 0 aromatic heterocycles. The van der Waals surface area contributed by atoms with Crippen molar-refractivity contribution in [3.05, 3.63) is 0 Å². The molecule has 0 rings (SSSR count). The van der Waals surface area contributed by atoms with Crippen LogP contribution in [0.5, 0.6) is 0 Å². The highest BCUT2D eigenvalue weighted by atomic mass is 28.4. The van der Waals surface area contributed by atoms with Crippen LogP contribution in [0.15, 0.2) is 0 Å². The Morgan fingerprint density at radius 1 is 1.38 bits per heavy atom. The van der Waals surface area contributed by atoms with Crippen molar-refractivity contribution in [2.24, 2.45) is 0 Å². The Morgan fingerprint density at radius 3 is 2.00 bits per heavy atom. The average Bonchev–Trinajstić information content (AvgIpc) is 1.83. The van der Waals surface area contributed by atoms with Gasteiger partial charge >= 0.3 is 0 Å². The van der Waals surface area contributed by atoms with E-state index in [0.29, 0.717) is 0 Å². The summed E-state index contributed by atoms with van der Waals surface area (Å²) < 4.78 is 5.41. The number of aliphatic hydroxyl groups is 1. The Morgan fingerprint density at radius 2 is 1.77 bits per heavy atom. The summed E-state index contributed by atoms with van der Waals surface area (Å²) in [5.74, 6) is -0.329. The van der Waals surface area contributed by atoms with Crippen molar-refractivity contribution >= 4 is 14.1 Å². The topological polar surface area (TPSA) is 46.5 Å². The molecule has 0 saturated heterocycles. The second-order valence-electron chi connectivity index (χ2n) is 4.84. The van der Waals surface area contributed by atoms with E-state index in [4.69, 9.17) is 4.43 Å². The summed E-state index contributed by atoms with van der Waals surface area (Å²) in [6.45, 7) is 11.5. The Kier molecular flexibility index (Phi) is 3.84. The number of carbonyl (C=O) groups is 1. The second kappa shape index (κ2) is 3.90. The number of ketones is 1. The van der Waals surface area contributed by atoms with E-state index < -0.39 is 14.6 Å². The highest BCUT2D eigenvalue weighted by Crippen LogP contribution is 2.37. The first-order valence-electron chi connectivity index (χ1n) is 4.44. The van der Waals surface area contributed by atoms with Gasteiger partial charge in [-0.15, -0.1) is 0 Å². The average molecular weight is 204 g/mol. The third kappa shape index (κ3) is 3.58. The van der Waals surface area contributed by atoms with Gasteiger partial charge in [-0.2, -0.15) is 0 Å². The number of rotatable bonds is 3. The fraction of sp³-hybridized carbons (Fsp3) is 0.889. The quantitative estimate of drug-likeness (QED) is 0.564. The van der Waals surface area contributed by atoms with Gasteiger partial charge in [-0.25, -0.2) is 0 Å². The second-order valence-corrected chi connectivity index (χ2v) is 9.60. The van der Waals surface area contributed by atoms with Gasteiger partial charge < -0.3 is 9.53 Å². The Labute approximate surface area is 81.2 Å². The molecule has 0 radical (unpaired) electrons. The zero-order valence-electron chi connectivity index (χ0n) is 9.34. The van der Waals surface area contributed by atoms with Crippen molar-refractivity contribution in [2.75, 3.05) is 0 Å². The molecule has 0 spiro atoms. The van der Waals surface area contributed by atoms with E-state index >= 15 is 0 Å². The van der Waals surface area contributed by atoms with Crippen molar-refractivity contribution in [1.82, 2.24) is 0 Å². The molecule has 0 amide bonds. The van der Waals surface area contributed by atoms with Gasteiger partial charge in [0.2, 0.25) is 6.29 Å². The van der Waals surface area contributed by atoms with Crippen molar-refractivity contribution in [1.29, 1.82) is 0 Å². The van der Waals surface area contributed by atoms with Crippen LogP contribution in [-0.2, 0) is 9.22 Å². The standard InChI is InChI=1S/C9H20O3Si/c1-7(10)8(11)12-13(5,6)9(2,3)4/h8,11H,1-6H3/t8-/m0/s1. The van der Waals surface area contributed by atoms with E-state index in [2.05, 4.69) is 20.8 Å². The maximum atomic E-state index is 10.8. The van der Waals surface area contributed by atoms with Crippen LogP contribution in [0.25, 0.3) is 0 Å². The highest BCUT2D eigenvalue weighted by Gasteiger charge is 2.39. The van der Waals surface area contributed by atoms with Crippen LogP contribution in [0.1, 0.15) is 27.7 Å². The lowest BCUT2D eigenvalue weighted by atomic mass is 10.2.